The molecule has 73 valence electrons. The minimum atomic E-state index is 0. The first kappa shape index (κ1) is 15.4. The summed E-state index contributed by atoms with van der Waals surface area (Å²) in [4.78, 5) is 0. The Kier molecular flexibility index (Phi) is 15.4. The molecule has 12 heavy (non-hydrogen) atoms. The third-order valence-corrected chi connectivity index (χ3v) is 2.65. The number of hydrogen-bond acceptors (Lipinski definition) is 1. The van der Waals surface area contributed by atoms with Crippen LogP contribution < -0.4 is 0 Å². The monoisotopic (exact) mass is 226 g/mol. The Bertz CT molecular complexity index is 72.9. The minimum Gasteiger partial charge on any atom is -0.396 e. The fraction of sp³-hybridized carbons (Fsp3) is 0.889. The summed E-state index contributed by atoms with van der Waals surface area (Å²) in [5.41, 5.74) is 0. The average Bonchev–Trinajstić information content (AvgIpc) is 2.05. The summed E-state index contributed by atoms with van der Waals surface area (Å²) in [5, 5.41) is 8.63. The van der Waals surface area contributed by atoms with Crippen LogP contribution in [0.1, 0.15) is 32.6 Å². The molecule has 0 aliphatic heterocycles. The van der Waals surface area contributed by atoms with Crippen molar-refractivity contribution in [1.82, 2.24) is 0 Å². The van der Waals surface area contributed by atoms with E-state index in [9.17, 15) is 0 Å². The second kappa shape index (κ2) is 12.0. The van der Waals surface area contributed by atoms with Crippen LogP contribution in [0.5, 0.6) is 0 Å². The molecule has 1 radical (unpaired) electrons. The zero-order valence-electron chi connectivity index (χ0n) is 8.08. The maximum Gasteiger partial charge on any atom is 0.0431 e. The normalized spacial score (nSPS) is 13.2. The van der Waals surface area contributed by atoms with Crippen molar-refractivity contribution in [2.75, 3.05) is 13.3 Å². The molecule has 0 saturated heterocycles. The van der Waals surface area contributed by atoms with Crippen molar-refractivity contribution < 1.29 is 23.7 Å². The Balaban J connectivity index is 0. The summed E-state index contributed by atoms with van der Waals surface area (Å²) in [6.07, 6.45) is 7.02. The molecule has 0 aromatic heterocycles. The van der Waals surface area contributed by atoms with Gasteiger partial charge in [-0.15, -0.1) is 0 Å². The van der Waals surface area contributed by atoms with Crippen molar-refractivity contribution in [2.45, 2.75) is 32.6 Å². The molecule has 0 heterocycles. The van der Waals surface area contributed by atoms with Gasteiger partial charge in [0, 0.05) is 25.2 Å². The van der Waals surface area contributed by atoms with Gasteiger partial charge in [-0.3, -0.25) is 8.58 Å². The van der Waals surface area contributed by atoms with Gasteiger partial charge in [0.05, 0.1) is 0 Å². The van der Waals surface area contributed by atoms with Crippen molar-refractivity contribution in [1.29, 1.82) is 0 Å². The predicted octanol–water partition coefficient (Wildman–Crippen LogP) is 2.64. The molecule has 0 amide bonds. The molecule has 1 N–H and O–H groups in total. The Labute approximate surface area is 90.4 Å². The molecular formula is C9H20OPV-. The first-order chi connectivity index (χ1) is 5.35. The van der Waals surface area contributed by atoms with Gasteiger partial charge in [0.1, 0.15) is 0 Å². The standard InChI is InChI=1S/C9H20OP.V/c1-3-9(5-4-7-10)6-8-11-2;/h8-11H,3-7H2,1-2H3;/q-1;. The van der Waals surface area contributed by atoms with Gasteiger partial charge < -0.3 is 11.3 Å². The van der Waals surface area contributed by atoms with Gasteiger partial charge in [0.2, 0.25) is 0 Å². The summed E-state index contributed by atoms with van der Waals surface area (Å²) >= 11 is 0. The van der Waals surface area contributed by atoms with E-state index in [2.05, 4.69) is 19.8 Å². The summed E-state index contributed by atoms with van der Waals surface area (Å²) in [5.74, 6) is 0.814. The van der Waals surface area contributed by atoms with Gasteiger partial charge in [-0.1, -0.05) is 32.3 Å². The SMILES string of the molecule is CCC(C[CH-]PC)CCCO.[V]. The Morgan fingerprint density at radius 3 is 2.58 bits per heavy atom. The van der Waals surface area contributed by atoms with E-state index in [0.717, 1.165) is 20.9 Å². The summed E-state index contributed by atoms with van der Waals surface area (Å²) in [6.45, 7) is 4.79. The number of hydrogen-bond donors (Lipinski definition) is 1. The Morgan fingerprint density at radius 1 is 1.50 bits per heavy atom. The van der Waals surface area contributed by atoms with E-state index in [1.807, 2.05) is 0 Å². The van der Waals surface area contributed by atoms with E-state index in [0.29, 0.717) is 6.61 Å². The van der Waals surface area contributed by atoms with E-state index >= 15 is 0 Å². The average molecular weight is 226 g/mol. The molecule has 0 bridgehead atoms. The maximum atomic E-state index is 8.63. The van der Waals surface area contributed by atoms with E-state index in [1.54, 1.807) is 0 Å². The van der Waals surface area contributed by atoms with Gasteiger partial charge in [0.15, 0.2) is 0 Å². The molecule has 0 spiro atoms. The van der Waals surface area contributed by atoms with Crippen molar-refractivity contribution in [3.8, 4) is 0 Å². The van der Waals surface area contributed by atoms with E-state index in [1.165, 1.54) is 19.3 Å². The third kappa shape index (κ3) is 9.07. The van der Waals surface area contributed by atoms with Crippen LogP contribution >= 0.6 is 8.58 Å². The predicted molar refractivity (Wildman–Crippen MR) is 53.3 cm³/mol. The van der Waals surface area contributed by atoms with Crippen LogP contribution in [0.4, 0.5) is 0 Å². The first-order valence-electron chi connectivity index (χ1n) is 4.45. The molecule has 3 heteroatoms. The number of aliphatic hydroxyl groups excluding tert-OH is 1. The molecule has 0 aromatic carbocycles. The number of aliphatic hydroxyl groups is 1. The van der Waals surface area contributed by atoms with Crippen LogP contribution in [0.3, 0.4) is 0 Å². The zero-order chi connectivity index (χ0) is 8.53. The topological polar surface area (TPSA) is 20.2 Å². The Hall–Kier alpha value is 0.974. The quantitative estimate of drug-likeness (QED) is 0.522. The van der Waals surface area contributed by atoms with Gasteiger partial charge in [0.25, 0.3) is 0 Å². The van der Waals surface area contributed by atoms with Crippen LogP contribution in [-0.2, 0) is 18.6 Å². The molecular weight excluding hydrogens is 206 g/mol. The second-order valence-electron chi connectivity index (χ2n) is 2.87. The van der Waals surface area contributed by atoms with Crippen LogP contribution in [-0.4, -0.2) is 18.4 Å². The molecule has 1 nitrogen and oxygen atoms in total. The molecule has 2 atom stereocenters. The molecule has 2 unspecified atom stereocenters. The molecule has 0 saturated carbocycles. The summed E-state index contributed by atoms with van der Waals surface area (Å²) < 4.78 is 0. The maximum absolute atomic E-state index is 8.63. The minimum absolute atomic E-state index is 0. The Morgan fingerprint density at radius 2 is 2.17 bits per heavy atom. The molecule has 0 aliphatic rings. The molecule has 0 rings (SSSR count). The van der Waals surface area contributed by atoms with Crippen molar-refractivity contribution in [3.63, 3.8) is 0 Å². The van der Waals surface area contributed by atoms with Crippen molar-refractivity contribution >= 4 is 8.58 Å². The largest absolute Gasteiger partial charge is 0.396 e. The van der Waals surface area contributed by atoms with Crippen LogP contribution in [0, 0.1) is 12.1 Å². The van der Waals surface area contributed by atoms with Gasteiger partial charge in [-0.2, -0.15) is 6.42 Å². The van der Waals surface area contributed by atoms with E-state index in [4.69, 9.17) is 5.11 Å². The van der Waals surface area contributed by atoms with Crippen LogP contribution in [0.25, 0.3) is 0 Å². The molecule has 0 fully saturated rings. The zero-order valence-corrected chi connectivity index (χ0v) is 10.5. The van der Waals surface area contributed by atoms with E-state index in [-0.39, 0.29) is 18.6 Å². The molecule has 0 aromatic rings. The second-order valence-corrected chi connectivity index (χ2v) is 3.85. The van der Waals surface area contributed by atoms with Crippen LogP contribution in [0.15, 0.2) is 0 Å². The fourth-order valence-electron chi connectivity index (χ4n) is 1.15. The fourth-order valence-corrected chi connectivity index (χ4v) is 1.72. The first-order valence-corrected chi connectivity index (χ1v) is 6.02. The summed E-state index contributed by atoms with van der Waals surface area (Å²) in [7, 11) is 0.971. The van der Waals surface area contributed by atoms with Gasteiger partial charge in [-0.05, 0) is 6.42 Å². The van der Waals surface area contributed by atoms with Crippen molar-refractivity contribution in [3.05, 3.63) is 6.16 Å². The van der Waals surface area contributed by atoms with Crippen LogP contribution in [0.2, 0.25) is 0 Å². The van der Waals surface area contributed by atoms with Gasteiger partial charge >= 0.3 is 0 Å². The molecule has 0 aliphatic carbocycles. The summed E-state index contributed by atoms with van der Waals surface area (Å²) in [6, 6.07) is 0. The number of rotatable bonds is 7. The third-order valence-electron chi connectivity index (χ3n) is 2.00. The van der Waals surface area contributed by atoms with Crippen molar-refractivity contribution in [2.24, 2.45) is 5.92 Å². The van der Waals surface area contributed by atoms with Gasteiger partial charge in [-0.25, -0.2) is 0 Å². The van der Waals surface area contributed by atoms with E-state index < -0.39 is 0 Å². The smallest absolute Gasteiger partial charge is 0.0431 e.